The van der Waals surface area contributed by atoms with Crippen molar-refractivity contribution in [3.05, 3.63) is 58.7 Å². The molecule has 0 spiro atoms. The second-order valence-electron chi connectivity index (χ2n) is 6.16. The summed E-state index contributed by atoms with van der Waals surface area (Å²) in [6, 6.07) is 11.2. The molecule has 132 valence electrons. The van der Waals surface area contributed by atoms with E-state index in [9.17, 15) is 9.59 Å². The molecule has 0 aliphatic carbocycles. The third-order valence-corrected chi connectivity index (χ3v) is 3.82. The van der Waals surface area contributed by atoms with Crippen LogP contribution in [0, 0.1) is 20.8 Å². The van der Waals surface area contributed by atoms with Gasteiger partial charge < -0.3 is 15.2 Å². The second-order valence-corrected chi connectivity index (χ2v) is 6.16. The quantitative estimate of drug-likeness (QED) is 0.806. The molecule has 0 aromatic heterocycles. The summed E-state index contributed by atoms with van der Waals surface area (Å²) in [7, 11) is 0. The van der Waals surface area contributed by atoms with Gasteiger partial charge in [-0.15, -0.1) is 0 Å². The van der Waals surface area contributed by atoms with Crippen LogP contribution in [0.1, 0.15) is 28.7 Å². The molecule has 25 heavy (non-hydrogen) atoms. The molecule has 0 aliphatic heterocycles. The van der Waals surface area contributed by atoms with Gasteiger partial charge in [0.15, 0.2) is 6.61 Å². The number of nitrogens with one attached hydrogen (secondary N) is 1. The van der Waals surface area contributed by atoms with Gasteiger partial charge in [0.2, 0.25) is 0 Å². The Hall–Kier alpha value is -2.82. The number of aryl methyl sites for hydroxylation is 4. The number of hydrogen-bond acceptors (Lipinski definition) is 3. The van der Waals surface area contributed by atoms with E-state index in [0.29, 0.717) is 12.1 Å². The number of carbonyl (C=O) groups excluding carboxylic acids is 1. The van der Waals surface area contributed by atoms with Crippen molar-refractivity contribution in [2.75, 3.05) is 11.9 Å². The molecule has 0 saturated carbocycles. The van der Waals surface area contributed by atoms with E-state index in [2.05, 4.69) is 5.32 Å². The SMILES string of the molecule is Cc1cc(C)c(OCC(=O)Nc2ccc(CCC(=O)O)cc2)c(C)c1. The first kappa shape index (κ1) is 18.5. The summed E-state index contributed by atoms with van der Waals surface area (Å²) in [5, 5.41) is 11.5. The maximum atomic E-state index is 12.1. The van der Waals surface area contributed by atoms with Crippen molar-refractivity contribution in [2.24, 2.45) is 0 Å². The molecule has 2 aromatic carbocycles. The summed E-state index contributed by atoms with van der Waals surface area (Å²) in [6.07, 6.45) is 0.563. The van der Waals surface area contributed by atoms with Crippen LogP contribution in [0.4, 0.5) is 5.69 Å². The highest BCUT2D eigenvalue weighted by molar-refractivity contribution is 5.91. The summed E-state index contributed by atoms with van der Waals surface area (Å²) in [5.74, 6) is -0.321. The first-order valence-corrected chi connectivity index (χ1v) is 8.16. The van der Waals surface area contributed by atoms with Crippen LogP contribution < -0.4 is 10.1 Å². The Labute approximate surface area is 147 Å². The third kappa shape index (κ3) is 5.64. The maximum absolute atomic E-state index is 12.1. The van der Waals surface area contributed by atoms with Gasteiger partial charge in [0.25, 0.3) is 5.91 Å². The third-order valence-electron chi connectivity index (χ3n) is 3.82. The van der Waals surface area contributed by atoms with E-state index in [1.807, 2.05) is 45.0 Å². The van der Waals surface area contributed by atoms with Crippen LogP contribution in [0.3, 0.4) is 0 Å². The fourth-order valence-corrected chi connectivity index (χ4v) is 2.74. The molecule has 0 heterocycles. The molecule has 5 nitrogen and oxygen atoms in total. The molecule has 0 bridgehead atoms. The molecule has 0 radical (unpaired) electrons. The summed E-state index contributed by atoms with van der Waals surface area (Å²) in [6.45, 7) is 5.88. The highest BCUT2D eigenvalue weighted by atomic mass is 16.5. The molecule has 0 saturated heterocycles. The van der Waals surface area contributed by atoms with Crippen LogP contribution in [0.2, 0.25) is 0 Å². The van der Waals surface area contributed by atoms with Crippen molar-refractivity contribution >= 4 is 17.6 Å². The van der Waals surface area contributed by atoms with E-state index in [4.69, 9.17) is 9.84 Å². The zero-order valence-electron chi connectivity index (χ0n) is 14.8. The number of amides is 1. The Kier molecular flexibility index (Phi) is 6.17. The molecule has 2 rings (SSSR count). The van der Waals surface area contributed by atoms with Gasteiger partial charge in [-0.3, -0.25) is 9.59 Å². The first-order chi connectivity index (χ1) is 11.8. The Morgan fingerprint density at radius 2 is 1.64 bits per heavy atom. The molecular weight excluding hydrogens is 318 g/mol. The minimum absolute atomic E-state index is 0.0640. The van der Waals surface area contributed by atoms with Crippen molar-refractivity contribution < 1.29 is 19.4 Å². The molecular formula is C20H23NO4. The highest BCUT2D eigenvalue weighted by Gasteiger charge is 2.09. The molecule has 1 amide bonds. The van der Waals surface area contributed by atoms with E-state index in [0.717, 1.165) is 28.0 Å². The van der Waals surface area contributed by atoms with Gasteiger partial charge in [0, 0.05) is 12.1 Å². The Balaban J connectivity index is 1.89. The number of rotatable bonds is 7. The Morgan fingerprint density at radius 3 is 2.20 bits per heavy atom. The molecule has 0 aliphatic rings. The van der Waals surface area contributed by atoms with Crippen molar-refractivity contribution in [1.29, 1.82) is 0 Å². The van der Waals surface area contributed by atoms with Gasteiger partial charge in [-0.05, 0) is 56.0 Å². The van der Waals surface area contributed by atoms with Gasteiger partial charge in [0.1, 0.15) is 5.75 Å². The average Bonchev–Trinajstić information content (AvgIpc) is 2.53. The number of benzene rings is 2. The predicted octanol–water partition coefficient (Wildman–Crippen LogP) is 3.65. The number of carboxylic acids is 1. The van der Waals surface area contributed by atoms with Crippen molar-refractivity contribution in [1.82, 2.24) is 0 Å². The molecule has 0 fully saturated rings. The van der Waals surface area contributed by atoms with Gasteiger partial charge in [-0.2, -0.15) is 0 Å². The molecule has 2 aromatic rings. The number of hydrogen-bond donors (Lipinski definition) is 2. The van der Waals surface area contributed by atoms with E-state index in [-0.39, 0.29) is 18.9 Å². The van der Waals surface area contributed by atoms with Crippen LogP contribution in [0.25, 0.3) is 0 Å². The van der Waals surface area contributed by atoms with E-state index >= 15 is 0 Å². The van der Waals surface area contributed by atoms with Crippen LogP contribution in [0.5, 0.6) is 5.75 Å². The minimum atomic E-state index is -0.823. The fourth-order valence-electron chi connectivity index (χ4n) is 2.74. The largest absolute Gasteiger partial charge is 0.483 e. The normalized spacial score (nSPS) is 10.4. The molecule has 0 unspecified atom stereocenters. The van der Waals surface area contributed by atoms with Crippen LogP contribution in [-0.2, 0) is 16.0 Å². The van der Waals surface area contributed by atoms with Gasteiger partial charge in [0.05, 0.1) is 0 Å². The highest BCUT2D eigenvalue weighted by Crippen LogP contribution is 2.24. The number of carbonyl (C=O) groups is 2. The number of carboxylic acid groups (broad SMARTS) is 1. The van der Waals surface area contributed by atoms with Gasteiger partial charge >= 0.3 is 5.97 Å². The Morgan fingerprint density at radius 1 is 1.04 bits per heavy atom. The monoisotopic (exact) mass is 341 g/mol. The second kappa shape index (κ2) is 8.33. The lowest BCUT2D eigenvalue weighted by Gasteiger charge is -2.13. The summed E-state index contributed by atoms with van der Waals surface area (Å²) >= 11 is 0. The number of ether oxygens (including phenoxy) is 1. The van der Waals surface area contributed by atoms with Crippen LogP contribution in [0.15, 0.2) is 36.4 Å². The number of anilines is 1. The summed E-state index contributed by atoms with van der Waals surface area (Å²) in [4.78, 5) is 22.6. The topological polar surface area (TPSA) is 75.6 Å². The standard InChI is InChI=1S/C20H23NO4/c1-13-10-14(2)20(15(3)11-13)25-12-18(22)21-17-7-4-16(5-8-17)6-9-19(23)24/h4-5,7-8,10-11H,6,9,12H2,1-3H3,(H,21,22)(H,23,24). The predicted molar refractivity (Wildman–Crippen MR) is 97.2 cm³/mol. The summed E-state index contributed by atoms with van der Waals surface area (Å²) < 4.78 is 5.67. The smallest absolute Gasteiger partial charge is 0.303 e. The van der Waals surface area contributed by atoms with E-state index < -0.39 is 5.97 Å². The first-order valence-electron chi connectivity index (χ1n) is 8.16. The molecule has 2 N–H and O–H groups in total. The van der Waals surface area contributed by atoms with Crippen LogP contribution in [-0.4, -0.2) is 23.6 Å². The average molecular weight is 341 g/mol. The fraction of sp³-hybridized carbons (Fsp3) is 0.300. The lowest BCUT2D eigenvalue weighted by Crippen LogP contribution is -2.20. The lowest BCUT2D eigenvalue weighted by atomic mass is 10.1. The van der Waals surface area contributed by atoms with Crippen molar-refractivity contribution in [3.63, 3.8) is 0 Å². The lowest BCUT2D eigenvalue weighted by molar-refractivity contribution is -0.137. The zero-order valence-corrected chi connectivity index (χ0v) is 14.8. The summed E-state index contributed by atoms with van der Waals surface area (Å²) in [5.41, 5.74) is 4.75. The van der Waals surface area contributed by atoms with E-state index in [1.54, 1.807) is 12.1 Å². The van der Waals surface area contributed by atoms with Gasteiger partial charge in [-0.1, -0.05) is 29.8 Å². The number of aliphatic carboxylic acids is 1. The van der Waals surface area contributed by atoms with Crippen molar-refractivity contribution in [3.8, 4) is 5.75 Å². The maximum Gasteiger partial charge on any atom is 0.303 e. The zero-order chi connectivity index (χ0) is 18.4. The van der Waals surface area contributed by atoms with E-state index in [1.165, 1.54) is 0 Å². The minimum Gasteiger partial charge on any atom is -0.483 e. The Bertz CT molecular complexity index is 743. The van der Waals surface area contributed by atoms with Crippen molar-refractivity contribution in [2.45, 2.75) is 33.6 Å². The van der Waals surface area contributed by atoms with Gasteiger partial charge in [-0.25, -0.2) is 0 Å². The van der Waals surface area contributed by atoms with Crippen LogP contribution >= 0.6 is 0 Å². The molecule has 0 atom stereocenters. The molecule has 5 heteroatoms.